The van der Waals surface area contributed by atoms with E-state index in [0.29, 0.717) is 18.7 Å². The lowest BCUT2D eigenvalue weighted by atomic mass is 9.94. The number of rotatable bonds is 5. The summed E-state index contributed by atoms with van der Waals surface area (Å²) in [7, 11) is 0. The highest BCUT2D eigenvalue weighted by atomic mass is 19.1. The summed E-state index contributed by atoms with van der Waals surface area (Å²) in [4.78, 5) is 16.3. The molecule has 2 heterocycles. The second-order valence-corrected chi connectivity index (χ2v) is 6.70. The Morgan fingerprint density at radius 3 is 2.59 bits per heavy atom. The number of nitrogens with zero attached hydrogens (tertiary/aromatic N) is 3. The van der Waals surface area contributed by atoms with Gasteiger partial charge in [-0.3, -0.25) is 14.5 Å². The third-order valence-corrected chi connectivity index (χ3v) is 4.93. The average Bonchev–Trinajstić information content (AvgIpc) is 3.08. The van der Waals surface area contributed by atoms with Gasteiger partial charge in [-0.05, 0) is 62.1 Å². The maximum absolute atomic E-state index is 13.0. The lowest BCUT2D eigenvalue weighted by Gasteiger charge is -2.14. The molecule has 1 amide bonds. The number of carbonyl (C=O) groups is 1. The van der Waals surface area contributed by atoms with Gasteiger partial charge in [0.15, 0.2) is 0 Å². The molecule has 1 N–H and O–H groups in total. The number of aromatic nitrogens is 3. The molecule has 27 heavy (non-hydrogen) atoms. The van der Waals surface area contributed by atoms with E-state index < -0.39 is 0 Å². The molecule has 0 saturated heterocycles. The summed E-state index contributed by atoms with van der Waals surface area (Å²) in [5.41, 5.74) is 5.15. The van der Waals surface area contributed by atoms with Crippen molar-refractivity contribution < 1.29 is 9.18 Å². The zero-order valence-electron chi connectivity index (χ0n) is 15.0. The van der Waals surface area contributed by atoms with Crippen molar-refractivity contribution in [3.63, 3.8) is 0 Å². The van der Waals surface area contributed by atoms with Gasteiger partial charge in [0.25, 0.3) is 5.91 Å². The molecule has 0 spiro atoms. The summed E-state index contributed by atoms with van der Waals surface area (Å²) < 4.78 is 15.0. The third kappa shape index (κ3) is 3.74. The number of hydrogen-bond donors (Lipinski definition) is 1. The van der Waals surface area contributed by atoms with Crippen LogP contribution in [0.4, 0.5) is 4.39 Å². The maximum Gasteiger partial charge on any atom is 0.251 e. The van der Waals surface area contributed by atoms with Crippen molar-refractivity contribution in [1.82, 2.24) is 20.1 Å². The average molecular weight is 364 g/mol. The van der Waals surface area contributed by atoms with Gasteiger partial charge in [0.2, 0.25) is 0 Å². The highest BCUT2D eigenvalue weighted by Crippen LogP contribution is 2.30. The van der Waals surface area contributed by atoms with Gasteiger partial charge < -0.3 is 5.32 Å². The van der Waals surface area contributed by atoms with E-state index in [9.17, 15) is 9.18 Å². The zero-order chi connectivity index (χ0) is 18.6. The van der Waals surface area contributed by atoms with Crippen molar-refractivity contribution in [3.05, 3.63) is 71.4 Å². The molecule has 5 nitrogen and oxygen atoms in total. The van der Waals surface area contributed by atoms with Crippen molar-refractivity contribution in [2.45, 2.75) is 32.2 Å². The molecule has 0 aliphatic heterocycles. The van der Waals surface area contributed by atoms with E-state index >= 15 is 0 Å². The fourth-order valence-electron chi connectivity index (χ4n) is 3.58. The summed E-state index contributed by atoms with van der Waals surface area (Å²) >= 11 is 0. The quantitative estimate of drug-likeness (QED) is 0.755. The summed E-state index contributed by atoms with van der Waals surface area (Å²) in [6.45, 7) is 1.08. The van der Waals surface area contributed by atoms with Crippen LogP contribution in [0.5, 0.6) is 0 Å². The Labute approximate surface area is 157 Å². The van der Waals surface area contributed by atoms with E-state index in [0.717, 1.165) is 30.5 Å². The van der Waals surface area contributed by atoms with E-state index in [1.54, 1.807) is 12.4 Å². The molecule has 0 atom stereocenters. The van der Waals surface area contributed by atoms with Crippen molar-refractivity contribution in [1.29, 1.82) is 0 Å². The lowest BCUT2D eigenvalue weighted by Crippen LogP contribution is -2.28. The minimum Gasteiger partial charge on any atom is -0.350 e. The predicted molar refractivity (Wildman–Crippen MR) is 101 cm³/mol. The second kappa shape index (κ2) is 7.70. The number of amides is 1. The number of fused-ring (bicyclic) bond motifs is 1. The molecule has 4 rings (SSSR count). The molecule has 6 heteroatoms. The monoisotopic (exact) mass is 364 g/mol. The number of nitrogens with one attached hydrogen (secondary N) is 1. The molecule has 1 aliphatic rings. The summed E-state index contributed by atoms with van der Waals surface area (Å²) in [6.07, 6.45) is 7.96. The number of pyridine rings is 1. The van der Waals surface area contributed by atoms with E-state index in [1.165, 1.54) is 41.9 Å². The number of halogens is 1. The molecule has 138 valence electrons. The standard InChI is InChI=1S/C21H21FN4O/c22-17-7-5-16(6-8-17)21(27)24-13-14-26-19-4-2-1-3-18(19)20(25-26)15-9-11-23-12-10-15/h5-12H,1-4,13-14H2,(H,24,27). The van der Waals surface area contributed by atoms with Crippen LogP contribution >= 0.6 is 0 Å². The van der Waals surface area contributed by atoms with Gasteiger partial charge in [0.1, 0.15) is 5.82 Å². The minimum atomic E-state index is -0.349. The smallest absolute Gasteiger partial charge is 0.251 e. The van der Waals surface area contributed by atoms with Crippen molar-refractivity contribution >= 4 is 5.91 Å². The van der Waals surface area contributed by atoms with Crippen LogP contribution in [0.15, 0.2) is 48.8 Å². The van der Waals surface area contributed by atoms with E-state index in [1.807, 2.05) is 16.8 Å². The number of hydrogen-bond acceptors (Lipinski definition) is 3. The molecule has 2 aromatic heterocycles. The second-order valence-electron chi connectivity index (χ2n) is 6.70. The highest BCUT2D eigenvalue weighted by molar-refractivity contribution is 5.94. The molecular weight excluding hydrogens is 343 g/mol. The van der Waals surface area contributed by atoms with Gasteiger partial charge in [0, 0.05) is 41.3 Å². The van der Waals surface area contributed by atoms with Crippen LogP contribution in [0.25, 0.3) is 11.3 Å². The fraction of sp³-hybridized carbons (Fsp3) is 0.286. The first-order chi connectivity index (χ1) is 13.2. The largest absolute Gasteiger partial charge is 0.350 e. The Morgan fingerprint density at radius 2 is 1.81 bits per heavy atom. The van der Waals surface area contributed by atoms with Gasteiger partial charge >= 0.3 is 0 Å². The Kier molecular flexibility index (Phi) is 4.96. The van der Waals surface area contributed by atoms with Crippen molar-refractivity contribution in [2.24, 2.45) is 0 Å². The first-order valence-electron chi connectivity index (χ1n) is 9.25. The van der Waals surface area contributed by atoms with Gasteiger partial charge in [0.05, 0.1) is 12.2 Å². The minimum absolute atomic E-state index is 0.203. The first kappa shape index (κ1) is 17.4. The van der Waals surface area contributed by atoms with Crippen LogP contribution in [0.1, 0.15) is 34.5 Å². The Morgan fingerprint density at radius 1 is 1.07 bits per heavy atom. The molecule has 0 radical (unpaired) electrons. The Hall–Kier alpha value is -3.02. The topological polar surface area (TPSA) is 59.8 Å². The molecule has 0 bridgehead atoms. The first-order valence-corrected chi connectivity index (χ1v) is 9.25. The normalized spacial score (nSPS) is 13.2. The summed E-state index contributed by atoms with van der Waals surface area (Å²) in [5, 5.41) is 7.72. The van der Waals surface area contributed by atoms with Gasteiger partial charge in [-0.2, -0.15) is 5.10 Å². The van der Waals surface area contributed by atoms with Crippen LogP contribution in [0, 0.1) is 5.82 Å². The SMILES string of the molecule is O=C(NCCn1nc(-c2ccncc2)c2c1CCCC2)c1ccc(F)cc1. The van der Waals surface area contributed by atoms with Gasteiger partial charge in [-0.15, -0.1) is 0 Å². The van der Waals surface area contributed by atoms with E-state index in [2.05, 4.69) is 10.3 Å². The third-order valence-electron chi connectivity index (χ3n) is 4.93. The van der Waals surface area contributed by atoms with E-state index in [-0.39, 0.29) is 11.7 Å². The molecule has 0 unspecified atom stereocenters. The van der Waals surface area contributed by atoms with E-state index in [4.69, 9.17) is 5.10 Å². The van der Waals surface area contributed by atoms with Crippen LogP contribution in [0.3, 0.4) is 0 Å². The molecule has 3 aromatic rings. The highest BCUT2D eigenvalue weighted by Gasteiger charge is 2.21. The number of benzene rings is 1. The molecule has 1 aliphatic carbocycles. The zero-order valence-corrected chi connectivity index (χ0v) is 15.0. The van der Waals surface area contributed by atoms with Gasteiger partial charge in [-0.1, -0.05) is 0 Å². The maximum atomic E-state index is 13.0. The summed E-state index contributed by atoms with van der Waals surface area (Å²) in [6, 6.07) is 9.53. The van der Waals surface area contributed by atoms with Crippen molar-refractivity contribution in [2.75, 3.05) is 6.54 Å². The lowest BCUT2D eigenvalue weighted by molar-refractivity contribution is 0.0951. The number of carbonyl (C=O) groups excluding carboxylic acids is 1. The Bertz CT molecular complexity index is 935. The van der Waals surface area contributed by atoms with Crippen molar-refractivity contribution in [3.8, 4) is 11.3 Å². The van der Waals surface area contributed by atoms with Crippen LogP contribution in [-0.4, -0.2) is 27.2 Å². The summed E-state index contributed by atoms with van der Waals surface area (Å²) in [5.74, 6) is -0.552. The Balaban J connectivity index is 1.48. The van der Waals surface area contributed by atoms with Crippen LogP contribution in [0.2, 0.25) is 0 Å². The van der Waals surface area contributed by atoms with Crippen LogP contribution < -0.4 is 5.32 Å². The van der Waals surface area contributed by atoms with Crippen LogP contribution in [-0.2, 0) is 19.4 Å². The molecular formula is C21H21FN4O. The molecule has 0 saturated carbocycles. The molecule has 1 aromatic carbocycles. The predicted octanol–water partition coefficient (Wildman–Crippen LogP) is 3.39. The molecule has 0 fully saturated rings. The fourth-order valence-corrected chi connectivity index (χ4v) is 3.58. The van der Waals surface area contributed by atoms with Gasteiger partial charge in [-0.25, -0.2) is 4.39 Å².